The van der Waals surface area contributed by atoms with Crippen LogP contribution in [-0.4, -0.2) is 71.7 Å². The first kappa shape index (κ1) is 19.1. The number of nitrogens with zero attached hydrogens (tertiary/aromatic N) is 3. The smallest absolute Gasteiger partial charge is 0.245 e. The lowest BCUT2D eigenvalue weighted by atomic mass is 10.1. The van der Waals surface area contributed by atoms with Crippen LogP contribution in [0.2, 0.25) is 0 Å². The average Bonchev–Trinajstić information content (AvgIpc) is 3.19. The Morgan fingerprint density at radius 2 is 1.63 bits per heavy atom. The Kier molecular flexibility index (Phi) is 5.94. The van der Waals surface area contributed by atoms with Crippen LogP contribution in [0.15, 0.2) is 36.9 Å². The van der Waals surface area contributed by atoms with E-state index in [2.05, 4.69) is 6.58 Å². The van der Waals surface area contributed by atoms with E-state index < -0.39 is 0 Å². The molecule has 1 atom stereocenters. The van der Waals surface area contributed by atoms with Crippen molar-refractivity contribution < 1.29 is 14.4 Å². The molecule has 6 heteroatoms. The third-order valence-electron chi connectivity index (χ3n) is 5.44. The third kappa shape index (κ3) is 4.56. The van der Waals surface area contributed by atoms with Crippen LogP contribution in [-0.2, 0) is 20.8 Å². The van der Waals surface area contributed by atoms with E-state index in [9.17, 15) is 14.4 Å². The summed E-state index contributed by atoms with van der Waals surface area (Å²) in [5, 5.41) is 0. The van der Waals surface area contributed by atoms with Crippen molar-refractivity contribution in [3.05, 3.63) is 48.0 Å². The van der Waals surface area contributed by atoms with Crippen LogP contribution >= 0.6 is 0 Å². The number of carbonyl (C=O) groups is 3. The molecule has 0 bridgehead atoms. The quantitative estimate of drug-likeness (QED) is 0.751. The molecular formula is C21H27N3O3. The van der Waals surface area contributed by atoms with Gasteiger partial charge in [0.15, 0.2) is 0 Å². The zero-order chi connectivity index (χ0) is 19.4. The molecule has 3 amide bonds. The number of hydrogen-bond donors (Lipinski definition) is 0. The molecule has 0 N–H and O–H groups in total. The lowest BCUT2D eigenvalue weighted by molar-refractivity contribution is -0.141. The van der Waals surface area contributed by atoms with Gasteiger partial charge in [-0.3, -0.25) is 14.4 Å². The topological polar surface area (TPSA) is 60.9 Å². The van der Waals surface area contributed by atoms with Gasteiger partial charge in [0.1, 0.15) is 0 Å². The molecule has 0 aromatic heterocycles. The first-order chi connectivity index (χ1) is 13.0. The molecule has 6 nitrogen and oxygen atoms in total. The Morgan fingerprint density at radius 1 is 1.00 bits per heavy atom. The van der Waals surface area contributed by atoms with Gasteiger partial charge in [-0.2, -0.15) is 0 Å². The Labute approximate surface area is 160 Å². The van der Waals surface area contributed by atoms with Gasteiger partial charge in [-0.25, -0.2) is 0 Å². The molecule has 144 valence electrons. The Bertz CT molecular complexity index is 721. The lowest BCUT2D eigenvalue weighted by Crippen LogP contribution is -2.52. The number of hydrogen-bond acceptors (Lipinski definition) is 3. The van der Waals surface area contributed by atoms with Crippen LogP contribution in [0.4, 0.5) is 0 Å². The van der Waals surface area contributed by atoms with Crippen molar-refractivity contribution >= 4 is 17.7 Å². The third-order valence-corrected chi connectivity index (χ3v) is 5.44. The molecule has 0 aliphatic carbocycles. The number of aryl methyl sites for hydroxylation is 1. The van der Waals surface area contributed by atoms with Crippen LogP contribution in [0.25, 0.3) is 0 Å². The standard InChI is InChI=1S/C21H27N3O3/c1-3-19(25)24-9-8-18(15-24)21(27)23-12-10-22(11-13-23)20(26)14-17-6-4-16(2)5-7-17/h3-7,18H,1,8-15H2,2H3. The zero-order valence-electron chi connectivity index (χ0n) is 15.9. The summed E-state index contributed by atoms with van der Waals surface area (Å²) in [6.07, 6.45) is 2.39. The molecule has 27 heavy (non-hydrogen) atoms. The Balaban J connectivity index is 1.47. The number of piperazine rings is 1. The summed E-state index contributed by atoms with van der Waals surface area (Å²) in [4.78, 5) is 42.3. The molecular weight excluding hydrogens is 342 g/mol. The summed E-state index contributed by atoms with van der Waals surface area (Å²) in [6.45, 7) is 8.86. The minimum Gasteiger partial charge on any atom is -0.339 e. The number of amides is 3. The molecule has 2 saturated heterocycles. The summed E-state index contributed by atoms with van der Waals surface area (Å²) in [7, 11) is 0. The van der Waals surface area contributed by atoms with Gasteiger partial charge in [0.2, 0.25) is 17.7 Å². The van der Waals surface area contributed by atoms with Crippen molar-refractivity contribution in [2.75, 3.05) is 39.3 Å². The van der Waals surface area contributed by atoms with Gasteiger partial charge in [-0.15, -0.1) is 0 Å². The number of benzene rings is 1. The van der Waals surface area contributed by atoms with Gasteiger partial charge < -0.3 is 14.7 Å². The highest BCUT2D eigenvalue weighted by molar-refractivity contribution is 5.88. The van der Waals surface area contributed by atoms with E-state index in [-0.39, 0.29) is 23.6 Å². The predicted molar refractivity (Wildman–Crippen MR) is 103 cm³/mol. The zero-order valence-corrected chi connectivity index (χ0v) is 15.9. The number of likely N-dealkylation sites (tertiary alicyclic amines) is 1. The van der Waals surface area contributed by atoms with Gasteiger partial charge in [0, 0.05) is 39.3 Å². The van der Waals surface area contributed by atoms with E-state index in [4.69, 9.17) is 0 Å². The maximum Gasteiger partial charge on any atom is 0.245 e. The highest BCUT2D eigenvalue weighted by Crippen LogP contribution is 2.20. The summed E-state index contributed by atoms with van der Waals surface area (Å²) in [5.41, 5.74) is 2.20. The summed E-state index contributed by atoms with van der Waals surface area (Å²) in [6, 6.07) is 8.01. The summed E-state index contributed by atoms with van der Waals surface area (Å²) < 4.78 is 0. The molecule has 2 aliphatic heterocycles. The van der Waals surface area contributed by atoms with Gasteiger partial charge in [-0.1, -0.05) is 36.4 Å². The molecule has 1 aromatic carbocycles. The molecule has 0 spiro atoms. The first-order valence-corrected chi connectivity index (χ1v) is 9.51. The van der Waals surface area contributed by atoms with Gasteiger partial charge >= 0.3 is 0 Å². The number of rotatable bonds is 4. The molecule has 1 unspecified atom stereocenters. The van der Waals surface area contributed by atoms with E-state index in [1.165, 1.54) is 11.6 Å². The minimum atomic E-state index is -0.135. The fraction of sp³-hybridized carbons (Fsp3) is 0.476. The highest BCUT2D eigenvalue weighted by atomic mass is 16.2. The van der Waals surface area contributed by atoms with Crippen molar-refractivity contribution in [2.24, 2.45) is 5.92 Å². The summed E-state index contributed by atoms with van der Waals surface area (Å²) in [5.74, 6) is -0.0462. The second kappa shape index (κ2) is 8.37. The van der Waals surface area contributed by atoms with Crippen LogP contribution < -0.4 is 0 Å². The largest absolute Gasteiger partial charge is 0.339 e. The van der Waals surface area contributed by atoms with Crippen LogP contribution in [0.3, 0.4) is 0 Å². The Hall–Kier alpha value is -2.63. The van der Waals surface area contributed by atoms with Crippen LogP contribution in [0.1, 0.15) is 17.5 Å². The van der Waals surface area contributed by atoms with E-state index in [0.29, 0.717) is 52.1 Å². The molecule has 1 aromatic rings. The maximum atomic E-state index is 12.7. The van der Waals surface area contributed by atoms with Crippen LogP contribution in [0.5, 0.6) is 0 Å². The fourth-order valence-electron chi connectivity index (χ4n) is 3.72. The van der Waals surface area contributed by atoms with Crippen molar-refractivity contribution in [1.82, 2.24) is 14.7 Å². The molecule has 2 aliphatic rings. The fourth-order valence-corrected chi connectivity index (χ4v) is 3.72. The van der Waals surface area contributed by atoms with Gasteiger partial charge in [0.25, 0.3) is 0 Å². The first-order valence-electron chi connectivity index (χ1n) is 9.51. The van der Waals surface area contributed by atoms with E-state index >= 15 is 0 Å². The minimum absolute atomic E-state index is 0.0972. The van der Waals surface area contributed by atoms with Crippen LogP contribution in [0, 0.1) is 12.8 Å². The molecule has 0 radical (unpaired) electrons. The van der Waals surface area contributed by atoms with Crippen molar-refractivity contribution in [3.8, 4) is 0 Å². The monoisotopic (exact) mass is 369 g/mol. The molecule has 2 fully saturated rings. The second-order valence-corrected chi connectivity index (χ2v) is 7.34. The van der Waals surface area contributed by atoms with Crippen molar-refractivity contribution in [2.45, 2.75) is 19.8 Å². The Morgan fingerprint density at radius 3 is 2.26 bits per heavy atom. The highest BCUT2D eigenvalue weighted by Gasteiger charge is 2.34. The van der Waals surface area contributed by atoms with E-state index in [0.717, 1.165) is 5.56 Å². The molecule has 3 rings (SSSR count). The average molecular weight is 369 g/mol. The van der Waals surface area contributed by atoms with Gasteiger partial charge in [-0.05, 0) is 25.0 Å². The second-order valence-electron chi connectivity index (χ2n) is 7.34. The normalized spacial score (nSPS) is 19.9. The van der Waals surface area contributed by atoms with Gasteiger partial charge in [0.05, 0.1) is 12.3 Å². The van der Waals surface area contributed by atoms with E-state index in [1.807, 2.05) is 41.0 Å². The SMILES string of the molecule is C=CC(=O)N1CCC(C(=O)N2CCN(C(=O)Cc3ccc(C)cc3)CC2)C1. The number of carbonyl (C=O) groups excluding carboxylic acids is 3. The molecule has 0 saturated carbocycles. The van der Waals surface area contributed by atoms with Crippen molar-refractivity contribution in [1.29, 1.82) is 0 Å². The maximum absolute atomic E-state index is 12.7. The molecule has 2 heterocycles. The van der Waals surface area contributed by atoms with E-state index in [1.54, 1.807) is 4.90 Å². The summed E-state index contributed by atoms with van der Waals surface area (Å²) >= 11 is 0. The van der Waals surface area contributed by atoms with Crippen molar-refractivity contribution in [3.63, 3.8) is 0 Å². The predicted octanol–water partition coefficient (Wildman–Crippen LogP) is 1.24. The lowest BCUT2D eigenvalue weighted by Gasteiger charge is -2.36.